The third-order valence-electron chi connectivity index (χ3n) is 3.80. The molecule has 23 heavy (non-hydrogen) atoms. The Morgan fingerprint density at radius 2 is 1.96 bits per heavy atom. The molecule has 2 N–H and O–H groups in total. The zero-order chi connectivity index (χ0) is 17.7. The van der Waals surface area contributed by atoms with Gasteiger partial charge in [0.2, 0.25) is 0 Å². The second-order valence-electron chi connectivity index (χ2n) is 6.13. The number of sulfone groups is 1. The highest BCUT2D eigenvalue weighted by atomic mass is 32.2. The summed E-state index contributed by atoms with van der Waals surface area (Å²) in [5.41, 5.74) is 2.42. The van der Waals surface area contributed by atoms with Gasteiger partial charge < -0.3 is 10.6 Å². The van der Waals surface area contributed by atoms with E-state index in [1.807, 2.05) is 0 Å². The van der Waals surface area contributed by atoms with Gasteiger partial charge in [-0.25, -0.2) is 8.42 Å². The van der Waals surface area contributed by atoms with Crippen molar-refractivity contribution in [2.75, 3.05) is 26.1 Å². The lowest BCUT2D eigenvalue weighted by atomic mass is 10.1. The van der Waals surface area contributed by atoms with Crippen LogP contribution in [0.2, 0.25) is 0 Å². The lowest BCUT2D eigenvalue weighted by Crippen LogP contribution is -2.47. The molecule has 130 valence electrons. The van der Waals surface area contributed by atoms with Crippen molar-refractivity contribution < 1.29 is 8.42 Å². The van der Waals surface area contributed by atoms with Crippen molar-refractivity contribution in [1.82, 2.24) is 10.6 Å². The summed E-state index contributed by atoms with van der Waals surface area (Å²) in [5, 5.41) is 6.32. The topological polar surface area (TPSA) is 70.6 Å². The van der Waals surface area contributed by atoms with Crippen molar-refractivity contribution in [1.29, 1.82) is 0 Å². The van der Waals surface area contributed by atoms with E-state index in [1.165, 1.54) is 22.3 Å². The number of aryl methyl sites for hydroxylation is 1. The highest BCUT2D eigenvalue weighted by molar-refractivity contribution is 7.98. The molecule has 0 aliphatic carbocycles. The maximum absolute atomic E-state index is 11.7. The van der Waals surface area contributed by atoms with E-state index < -0.39 is 14.6 Å². The van der Waals surface area contributed by atoms with E-state index in [9.17, 15) is 8.42 Å². The predicted molar refractivity (Wildman–Crippen MR) is 100 cm³/mol. The lowest BCUT2D eigenvalue weighted by Gasteiger charge is -2.24. The average Bonchev–Trinajstić information content (AvgIpc) is 2.47. The van der Waals surface area contributed by atoms with Crippen LogP contribution in [0.5, 0.6) is 0 Å². The minimum absolute atomic E-state index is 0.300. The van der Waals surface area contributed by atoms with Gasteiger partial charge in [0, 0.05) is 31.3 Å². The molecule has 0 radical (unpaired) electrons. The number of thioether (sulfide) groups is 1. The summed E-state index contributed by atoms with van der Waals surface area (Å²) >= 11 is 1.71. The number of hydrogen-bond donors (Lipinski definition) is 2. The second kappa shape index (κ2) is 8.06. The van der Waals surface area contributed by atoms with E-state index in [4.69, 9.17) is 0 Å². The Morgan fingerprint density at radius 3 is 2.48 bits per heavy atom. The molecule has 0 amide bonds. The lowest BCUT2D eigenvalue weighted by molar-refractivity contribution is 0.544. The minimum Gasteiger partial charge on any atom is -0.355 e. The molecule has 0 aliphatic heterocycles. The van der Waals surface area contributed by atoms with Gasteiger partial charge in [0.25, 0.3) is 0 Å². The number of hydrogen-bond acceptors (Lipinski definition) is 4. The number of aliphatic imine (C=N–C) groups is 1. The van der Waals surface area contributed by atoms with E-state index >= 15 is 0 Å². The summed E-state index contributed by atoms with van der Waals surface area (Å²) in [5.74, 6) is 0.592. The molecule has 1 aromatic rings. The maximum Gasteiger partial charge on any atom is 0.191 e. The Labute approximate surface area is 144 Å². The van der Waals surface area contributed by atoms with Crippen molar-refractivity contribution in [3.05, 3.63) is 29.3 Å². The summed E-state index contributed by atoms with van der Waals surface area (Å²) in [6.45, 7) is 6.41. The van der Waals surface area contributed by atoms with Crippen LogP contribution in [0.1, 0.15) is 25.0 Å². The molecule has 0 saturated carbocycles. The molecule has 0 aromatic heterocycles. The minimum atomic E-state index is -3.14. The Kier molecular flexibility index (Phi) is 6.95. The second-order valence-corrected chi connectivity index (χ2v) is 9.62. The fourth-order valence-electron chi connectivity index (χ4n) is 1.83. The van der Waals surface area contributed by atoms with E-state index in [1.54, 1.807) is 32.7 Å². The van der Waals surface area contributed by atoms with Crippen LogP contribution >= 0.6 is 11.8 Å². The molecule has 0 heterocycles. The zero-order valence-electron chi connectivity index (χ0n) is 14.7. The molecule has 7 heteroatoms. The van der Waals surface area contributed by atoms with E-state index in [2.05, 4.69) is 47.0 Å². The maximum atomic E-state index is 11.7. The third-order valence-corrected chi connectivity index (χ3v) is 6.77. The Morgan fingerprint density at radius 1 is 1.30 bits per heavy atom. The number of rotatable bonds is 6. The fraction of sp³-hybridized carbons (Fsp3) is 0.562. The van der Waals surface area contributed by atoms with Crippen LogP contribution < -0.4 is 10.6 Å². The molecule has 0 saturated heterocycles. The van der Waals surface area contributed by atoms with Gasteiger partial charge in [-0.05, 0) is 44.2 Å². The van der Waals surface area contributed by atoms with Gasteiger partial charge in [-0.1, -0.05) is 12.1 Å². The van der Waals surface area contributed by atoms with Gasteiger partial charge in [-0.3, -0.25) is 4.99 Å². The summed E-state index contributed by atoms with van der Waals surface area (Å²) in [4.78, 5) is 5.38. The number of guanidine groups is 1. The summed E-state index contributed by atoms with van der Waals surface area (Å²) in [6, 6.07) is 6.34. The van der Waals surface area contributed by atoms with Crippen molar-refractivity contribution in [3.63, 3.8) is 0 Å². The van der Waals surface area contributed by atoms with Crippen molar-refractivity contribution in [2.45, 2.75) is 37.0 Å². The molecule has 1 rings (SSSR count). The monoisotopic (exact) mass is 357 g/mol. The number of benzene rings is 1. The van der Waals surface area contributed by atoms with Crippen molar-refractivity contribution >= 4 is 27.6 Å². The Hall–Kier alpha value is -1.21. The van der Waals surface area contributed by atoms with Gasteiger partial charge in [-0.15, -0.1) is 11.8 Å². The van der Waals surface area contributed by atoms with Gasteiger partial charge in [0.15, 0.2) is 15.8 Å². The molecular weight excluding hydrogens is 330 g/mol. The largest absolute Gasteiger partial charge is 0.355 e. The van der Waals surface area contributed by atoms with E-state index in [0.29, 0.717) is 19.0 Å². The average molecular weight is 358 g/mol. The highest BCUT2D eigenvalue weighted by Gasteiger charge is 2.30. The first-order valence-electron chi connectivity index (χ1n) is 7.38. The molecule has 0 bridgehead atoms. The van der Waals surface area contributed by atoms with Crippen molar-refractivity contribution in [3.8, 4) is 0 Å². The molecule has 0 aliphatic rings. The smallest absolute Gasteiger partial charge is 0.191 e. The van der Waals surface area contributed by atoms with Crippen molar-refractivity contribution in [2.24, 2.45) is 4.99 Å². The summed E-state index contributed by atoms with van der Waals surface area (Å²) in [7, 11) is -1.46. The number of nitrogens with zero attached hydrogens (tertiary/aromatic N) is 1. The standard InChI is InChI=1S/C16H27N3O2S2/c1-12-7-8-13(14(9-12)22-5)10-18-15(17-4)19-11-16(2,3)23(6,20)21/h7-9H,10-11H2,1-6H3,(H2,17,18,19). The normalized spacial score (nSPS) is 13.0. The van der Waals surface area contributed by atoms with Crippen LogP contribution in [0, 0.1) is 6.92 Å². The van der Waals surface area contributed by atoms with Gasteiger partial charge in [0.1, 0.15) is 0 Å². The molecule has 0 fully saturated rings. The van der Waals surface area contributed by atoms with Gasteiger partial charge in [0.05, 0.1) is 4.75 Å². The molecule has 0 spiro atoms. The summed E-state index contributed by atoms with van der Waals surface area (Å²) < 4.78 is 22.6. The Bertz CT molecular complexity index is 668. The van der Waals surface area contributed by atoms with Crippen LogP contribution in [0.25, 0.3) is 0 Å². The SMILES string of the molecule is CN=C(NCc1ccc(C)cc1SC)NCC(C)(C)S(C)(=O)=O. The fourth-order valence-corrected chi connectivity index (χ4v) is 2.87. The number of nitrogens with one attached hydrogen (secondary N) is 2. The van der Waals surface area contributed by atoms with E-state index in [0.717, 1.165) is 0 Å². The third kappa shape index (κ3) is 5.73. The van der Waals surface area contributed by atoms with Crippen LogP contribution in [0.4, 0.5) is 0 Å². The van der Waals surface area contributed by atoms with Gasteiger partial charge >= 0.3 is 0 Å². The predicted octanol–water partition coefficient (Wildman–Crippen LogP) is 2.21. The van der Waals surface area contributed by atoms with Crippen LogP contribution in [-0.4, -0.2) is 45.2 Å². The van der Waals surface area contributed by atoms with Crippen LogP contribution in [0.15, 0.2) is 28.1 Å². The molecular formula is C16H27N3O2S2. The van der Waals surface area contributed by atoms with E-state index in [-0.39, 0.29) is 0 Å². The molecule has 1 aromatic carbocycles. The first-order chi connectivity index (χ1) is 10.6. The highest BCUT2D eigenvalue weighted by Crippen LogP contribution is 2.21. The quantitative estimate of drug-likeness (QED) is 0.464. The molecule has 0 atom stereocenters. The first kappa shape index (κ1) is 19.8. The molecule has 0 unspecified atom stereocenters. The molecule has 5 nitrogen and oxygen atoms in total. The zero-order valence-corrected chi connectivity index (χ0v) is 16.4. The first-order valence-corrected chi connectivity index (χ1v) is 10.5. The van der Waals surface area contributed by atoms with Gasteiger partial charge in [-0.2, -0.15) is 0 Å². The van der Waals surface area contributed by atoms with Crippen LogP contribution in [0.3, 0.4) is 0 Å². The Balaban J connectivity index is 2.69. The summed E-state index contributed by atoms with van der Waals surface area (Å²) in [6.07, 6.45) is 3.31. The van der Waals surface area contributed by atoms with Crippen LogP contribution in [-0.2, 0) is 16.4 Å².